The third kappa shape index (κ3) is 2.27. The molecule has 0 aromatic carbocycles. The van der Waals surface area contributed by atoms with E-state index in [4.69, 9.17) is 0 Å². The first-order chi connectivity index (χ1) is 5.96. The molecule has 1 heterocycles. The van der Waals surface area contributed by atoms with Gasteiger partial charge in [-0.2, -0.15) is 0 Å². The van der Waals surface area contributed by atoms with Crippen LogP contribution in [0.2, 0.25) is 0 Å². The molecule has 1 atom stereocenters. The average Bonchev–Trinajstić information content (AvgIpc) is 2.49. The highest BCUT2D eigenvalue weighted by Gasteiger charge is 2.38. The Morgan fingerprint density at radius 2 is 2.15 bits per heavy atom. The van der Waals surface area contributed by atoms with Gasteiger partial charge in [0.05, 0.1) is 0 Å². The van der Waals surface area contributed by atoms with Gasteiger partial charge in [-0.05, 0) is 40.2 Å². The number of amides is 1. The molecule has 1 saturated heterocycles. The van der Waals surface area contributed by atoms with Crippen molar-refractivity contribution in [1.82, 2.24) is 4.90 Å². The number of nitrogens with two attached hydrogens (primary N) is 1. The van der Waals surface area contributed by atoms with Gasteiger partial charge in [0.2, 0.25) is 0 Å². The molecule has 0 aromatic heterocycles. The molecule has 0 spiro atoms. The predicted molar refractivity (Wildman–Crippen MR) is 49.8 cm³/mol. The summed E-state index contributed by atoms with van der Waals surface area (Å²) in [5, 5.41) is 10.4. The molecule has 1 fully saturated rings. The third-order valence-electron chi connectivity index (χ3n) is 2.56. The van der Waals surface area contributed by atoms with Crippen LogP contribution < -0.4 is 5.48 Å². The van der Waals surface area contributed by atoms with Crippen LogP contribution in [-0.2, 0) is 4.79 Å². The molecule has 4 heteroatoms. The highest BCUT2D eigenvalue weighted by Crippen LogP contribution is 2.25. The zero-order chi connectivity index (χ0) is 10.1. The maximum Gasteiger partial charge on any atom is 0.327 e. The van der Waals surface area contributed by atoms with E-state index >= 15 is 0 Å². The minimum atomic E-state index is -0.271. The Bertz CT molecular complexity index is 198. The van der Waals surface area contributed by atoms with Crippen LogP contribution in [-0.4, -0.2) is 28.9 Å². The van der Waals surface area contributed by atoms with Gasteiger partial charge in [-0.1, -0.05) is 0 Å². The van der Waals surface area contributed by atoms with Crippen LogP contribution in [0.5, 0.6) is 0 Å². The maximum absolute atomic E-state index is 11.3. The van der Waals surface area contributed by atoms with Gasteiger partial charge in [-0.3, -0.25) is 4.90 Å². The fourth-order valence-corrected chi connectivity index (χ4v) is 1.94. The van der Waals surface area contributed by atoms with E-state index in [1.54, 1.807) is 0 Å². The lowest BCUT2D eigenvalue weighted by molar-refractivity contribution is -0.503. The van der Waals surface area contributed by atoms with E-state index in [-0.39, 0.29) is 17.5 Å². The molecular weight excluding hydrogens is 168 g/mol. The Balaban J connectivity index is 2.70. The van der Waals surface area contributed by atoms with E-state index in [9.17, 15) is 10.0 Å². The van der Waals surface area contributed by atoms with Gasteiger partial charge >= 0.3 is 5.91 Å². The minimum Gasteiger partial charge on any atom is -0.628 e. The van der Waals surface area contributed by atoms with Crippen molar-refractivity contribution in [2.75, 3.05) is 6.54 Å². The molecule has 1 rings (SSSR count). The second-order valence-corrected chi connectivity index (χ2v) is 4.54. The first-order valence-corrected chi connectivity index (χ1v) is 4.72. The number of carbonyl (C=O) groups is 1. The summed E-state index contributed by atoms with van der Waals surface area (Å²) in [5.41, 5.74) is 0.439. The fourth-order valence-electron chi connectivity index (χ4n) is 1.94. The zero-order valence-electron chi connectivity index (χ0n) is 8.54. The van der Waals surface area contributed by atoms with Gasteiger partial charge < -0.3 is 10.7 Å². The van der Waals surface area contributed by atoms with Crippen LogP contribution in [0.1, 0.15) is 33.6 Å². The summed E-state index contributed by atoms with van der Waals surface area (Å²) in [7, 11) is 0. The Hall–Kier alpha value is -0.450. The second kappa shape index (κ2) is 3.74. The van der Waals surface area contributed by atoms with Crippen LogP contribution in [0, 0.1) is 5.21 Å². The zero-order valence-corrected chi connectivity index (χ0v) is 8.54. The number of primary amides is 1. The van der Waals surface area contributed by atoms with Gasteiger partial charge in [0.15, 0.2) is 0 Å². The number of quaternary nitrogens is 1. The molecule has 0 unspecified atom stereocenters. The van der Waals surface area contributed by atoms with Crippen molar-refractivity contribution in [2.24, 2.45) is 0 Å². The standard InChI is InChI=1S/C9H18N2O2/c1-9(2,3)11-6-4-5-7(11)8(12)10-13/h7H,4-6,10H2,1-3H3/t7-/m0/s1. The average molecular weight is 186 g/mol. The first kappa shape index (κ1) is 10.6. The number of nitrogens with zero attached hydrogens (tertiary/aromatic N) is 1. The number of hydrogen-bond acceptors (Lipinski definition) is 3. The molecule has 1 amide bonds. The molecule has 76 valence electrons. The van der Waals surface area contributed by atoms with Crippen LogP contribution in [0.15, 0.2) is 0 Å². The maximum atomic E-state index is 11.3. The van der Waals surface area contributed by atoms with E-state index in [0.29, 0.717) is 5.48 Å². The van der Waals surface area contributed by atoms with Gasteiger partial charge in [-0.25, -0.2) is 4.79 Å². The molecular formula is C9H18N2O2. The smallest absolute Gasteiger partial charge is 0.327 e. The van der Waals surface area contributed by atoms with Gasteiger partial charge in [0.25, 0.3) is 0 Å². The largest absolute Gasteiger partial charge is 0.628 e. The Labute approximate surface area is 78.9 Å². The van der Waals surface area contributed by atoms with Crippen molar-refractivity contribution in [3.05, 3.63) is 5.21 Å². The van der Waals surface area contributed by atoms with Crippen molar-refractivity contribution >= 4 is 5.91 Å². The summed E-state index contributed by atoms with van der Waals surface area (Å²) < 4.78 is 0. The molecule has 1 aliphatic rings. The van der Waals surface area contributed by atoms with Gasteiger partial charge in [0.1, 0.15) is 6.04 Å². The highest BCUT2D eigenvalue weighted by atomic mass is 16.5. The van der Waals surface area contributed by atoms with Crippen molar-refractivity contribution in [1.29, 1.82) is 0 Å². The minimum absolute atomic E-state index is 0.0141. The van der Waals surface area contributed by atoms with Crippen molar-refractivity contribution in [2.45, 2.75) is 45.2 Å². The molecule has 0 aromatic rings. The van der Waals surface area contributed by atoms with Crippen LogP contribution in [0.3, 0.4) is 0 Å². The fraction of sp³-hybridized carbons (Fsp3) is 0.889. The number of rotatable bonds is 1. The SMILES string of the molecule is CC(C)(C)N1CCC[C@H]1C(=O)[NH2+][O-]. The highest BCUT2D eigenvalue weighted by molar-refractivity contribution is 5.72. The Morgan fingerprint density at radius 3 is 2.62 bits per heavy atom. The molecule has 4 nitrogen and oxygen atoms in total. The van der Waals surface area contributed by atoms with Crippen LogP contribution in [0.25, 0.3) is 0 Å². The summed E-state index contributed by atoms with van der Waals surface area (Å²) in [6.07, 6.45) is 1.84. The number of carbonyl (C=O) groups excluding carboxylic acids is 1. The lowest BCUT2D eigenvalue weighted by Gasteiger charge is -2.35. The number of likely N-dealkylation sites (tertiary alicyclic amines) is 1. The summed E-state index contributed by atoms with van der Waals surface area (Å²) in [4.78, 5) is 13.4. The monoisotopic (exact) mass is 186 g/mol. The van der Waals surface area contributed by atoms with Gasteiger partial charge in [-0.15, -0.1) is 0 Å². The van der Waals surface area contributed by atoms with Crippen LogP contribution in [0.4, 0.5) is 0 Å². The summed E-state index contributed by atoms with van der Waals surface area (Å²) >= 11 is 0. The van der Waals surface area contributed by atoms with Gasteiger partial charge in [0, 0.05) is 5.54 Å². The molecule has 0 aliphatic carbocycles. The Kier molecular flexibility index (Phi) is 3.05. The molecule has 1 aliphatic heterocycles. The van der Waals surface area contributed by atoms with E-state index in [1.165, 1.54) is 0 Å². The van der Waals surface area contributed by atoms with Crippen molar-refractivity contribution < 1.29 is 10.3 Å². The lowest BCUT2D eigenvalue weighted by atomic mass is 10.0. The van der Waals surface area contributed by atoms with E-state index in [0.717, 1.165) is 19.4 Å². The van der Waals surface area contributed by atoms with E-state index in [2.05, 4.69) is 25.7 Å². The quantitative estimate of drug-likeness (QED) is 0.579. The molecule has 0 bridgehead atoms. The van der Waals surface area contributed by atoms with Crippen LogP contribution >= 0.6 is 0 Å². The third-order valence-corrected chi connectivity index (χ3v) is 2.56. The summed E-state index contributed by atoms with van der Waals surface area (Å²) in [5.74, 6) is -0.271. The molecule has 0 saturated carbocycles. The topological polar surface area (TPSA) is 60.0 Å². The van der Waals surface area contributed by atoms with Crippen molar-refractivity contribution in [3.63, 3.8) is 0 Å². The van der Waals surface area contributed by atoms with E-state index in [1.807, 2.05) is 0 Å². The molecule has 0 radical (unpaired) electrons. The second-order valence-electron chi connectivity index (χ2n) is 4.54. The molecule has 2 N–H and O–H groups in total. The summed E-state index contributed by atoms with van der Waals surface area (Å²) in [6, 6.07) is -0.169. The van der Waals surface area contributed by atoms with Crippen molar-refractivity contribution in [3.8, 4) is 0 Å². The number of hydrogen-bond donors (Lipinski definition) is 1. The normalized spacial score (nSPS) is 25.1. The Morgan fingerprint density at radius 1 is 1.54 bits per heavy atom. The lowest BCUT2D eigenvalue weighted by Crippen LogP contribution is -2.85. The predicted octanol–water partition coefficient (Wildman–Crippen LogP) is -0.163. The summed E-state index contributed by atoms with van der Waals surface area (Å²) in [6.45, 7) is 7.14. The first-order valence-electron chi connectivity index (χ1n) is 4.72. The molecule has 13 heavy (non-hydrogen) atoms. The number of hydroxylamine groups is 1. The van der Waals surface area contributed by atoms with E-state index < -0.39 is 0 Å².